The molecule has 6 heteroatoms. The van der Waals surface area contributed by atoms with Crippen molar-refractivity contribution in [2.45, 2.75) is 39.7 Å². The zero-order valence-electron chi connectivity index (χ0n) is 15.9. The van der Waals surface area contributed by atoms with Gasteiger partial charge in [0.15, 0.2) is 0 Å². The molecule has 0 aromatic heterocycles. The number of fused-ring (bicyclic) bond motifs is 1. The van der Waals surface area contributed by atoms with Crippen molar-refractivity contribution >= 4 is 28.6 Å². The number of benzene rings is 2. The van der Waals surface area contributed by atoms with Gasteiger partial charge in [0.1, 0.15) is 0 Å². The minimum atomic E-state index is -1.01. The second-order valence-corrected chi connectivity index (χ2v) is 7.84. The lowest BCUT2D eigenvalue weighted by atomic mass is 9.92. The standard InChI is InChI=1S/C21H26N2O4/c1-21(2,3)12-18(24)22-13-19(25)23-17(11-20(26)27)16-9-8-14-6-4-5-7-15(14)10-16/h4-10,17H,11-13H2,1-3H3,(H,22,24)(H,23,25)(H,26,27)/t17-/m0/s1. The maximum atomic E-state index is 12.2. The SMILES string of the molecule is CC(C)(C)CC(=O)NCC(=O)N[C@@H](CC(=O)O)c1ccc2ccccc2c1. The van der Waals surface area contributed by atoms with Crippen molar-refractivity contribution in [2.75, 3.05) is 6.54 Å². The van der Waals surface area contributed by atoms with Crippen LogP contribution in [0.15, 0.2) is 42.5 Å². The summed E-state index contributed by atoms with van der Waals surface area (Å²) in [5.41, 5.74) is 0.544. The summed E-state index contributed by atoms with van der Waals surface area (Å²) < 4.78 is 0. The zero-order chi connectivity index (χ0) is 20.0. The van der Waals surface area contributed by atoms with Gasteiger partial charge < -0.3 is 15.7 Å². The molecular formula is C21H26N2O4. The van der Waals surface area contributed by atoms with Crippen LogP contribution in [-0.4, -0.2) is 29.4 Å². The molecule has 0 unspecified atom stereocenters. The van der Waals surface area contributed by atoms with Crippen LogP contribution in [0.4, 0.5) is 0 Å². The Hall–Kier alpha value is -2.89. The molecule has 0 aliphatic carbocycles. The number of rotatable bonds is 7. The van der Waals surface area contributed by atoms with Crippen LogP contribution in [0.1, 0.15) is 45.2 Å². The van der Waals surface area contributed by atoms with E-state index in [9.17, 15) is 19.5 Å². The normalized spacial score (nSPS) is 12.4. The van der Waals surface area contributed by atoms with E-state index in [1.807, 2.05) is 63.2 Å². The number of carboxylic acids is 1. The van der Waals surface area contributed by atoms with Gasteiger partial charge in [0, 0.05) is 6.42 Å². The Labute approximate surface area is 159 Å². The Kier molecular flexibility index (Phi) is 6.55. The maximum Gasteiger partial charge on any atom is 0.305 e. The first-order valence-corrected chi connectivity index (χ1v) is 8.90. The topological polar surface area (TPSA) is 95.5 Å². The van der Waals surface area contributed by atoms with Crippen molar-refractivity contribution in [3.05, 3.63) is 48.0 Å². The van der Waals surface area contributed by atoms with Gasteiger partial charge in [-0.15, -0.1) is 0 Å². The highest BCUT2D eigenvalue weighted by atomic mass is 16.4. The van der Waals surface area contributed by atoms with Crippen LogP contribution < -0.4 is 10.6 Å². The molecule has 2 aromatic carbocycles. The maximum absolute atomic E-state index is 12.2. The van der Waals surface area contributed by atoms with Gasteiger partial charge in [0.2, 0.25) is 11.8 Å². The third-order valence-electron chi connectivity index (χ3n) is 4.03. The monoisotopic (exact) mass is 370 g/mol. The predicted molar refractivity (Wildman–Crippen MR) is 104 cm³/mol. The van der Waals surface area contributed by atoms with E-state index in [2.05, 4.69) is 10.6 Å². The molecule has 2 aromatic rings. The van der Waals surface area contributed by atoms with Gasteiger partial charge in [0.25, 0.3) is 0 Å². The number of hydrogen-bond donors (Lipinski definition) is 3. The highest BCUT2D eigenvalue weighted by Crippen LogP contribution is 2.23. The lowest BCUT2D eigenvalue weighted by Gasteiger charge is -2.20. The van der Waals surface area contributed by atoms with Crippen LogP contribution in [0, 0.1) is 5.41 Å². The van der Waals surface area contributed by atoms with Crippen molar-refractivity contribution in [2.24, 2.45) is 5.41 Å². The zero-order valence-corrected chi connectivity index (χ0v) is 15.9. The largest absolute Gasteiger partial charge is 0.481 e. The summed E-state index contributed by atoms with van der Waals surface area (Å²) in [6, 6.07) is 12.7. The Balaban J connectivity index is 2.06. The van der Waals surface area contributed by atoms with E-state index in [4.69, 9.17) is 0 Å². The molecule has 3 N–H and O–H groups in total. The first kappa shape index (κ1) is 20.4. The molecule has 0 aliphatic heterocycles. The van der Waals surface area contributed by atoms with E-state index in [1.165, 1.54) is 0 Å². The van der Waals surface area contributed by atoms with Gasteiger partial charge in [-0.1, -0.05) is 57.2 Å². The number of amides is 2. The molecule has 6 nitrogen and oxygen atoms in total. The predicted octanol–water partition coefficient (Wildman–Crippen LogP) is 3.02. The van der Waals surface area contributed by atoms with Gasteiger partial charge in [-0.3, -0.25) is 14.4 Å². The fourth-order valence-electron chi connectivity index (χ4n) is 2.82. The number of nitrogens with one attached hydrogen (secondary N) is 2. The molecule has 0 bridgehead atoms. The van der Waals surface area contributed by atoms with Crippen molar-refractivity contribution in [1.29, 1.82) is 0 Å². The lowest BCUT2D eigenvalue weighted by Crippen LogP contribution is -2.40. The summed E-state index contributed by atoms with van der Waals surface area (Å²) in [4.78, 5) is 35.3. The summed E-state index contributed by atoms with van der Waals surface area (Å²) in [6.07, 6.45) is 0.0729. The molecule has 0 spiro atoms. The van der Waals surface area contributed by atoms with E-state index >= 15 is 0 Å². The van der Waals surface area contributed by atoms with Crippen LogP contribution in [0.3, 0.4) is 0 Å². The Morgan fingerprint density at radius 3 is 2.30 bits per heavy atom. The van der Waals surface area contributed by atoms with Gasteiger partial charge in [-0.05, 0) is 27.8 Å². The molecule has 2 rings (SSSR count). The molecule has 0 saturated carbocycles. The minimum Gasteiger partial charge on any atom is -0.481 e. The summed E-state index contributed by atoms with van der Waals surface area (Å²) >= 11 is 0. The van der Waals surface area contributed by atoms with E-state index < -0.39 is 17.9 Å². The average Bonchev–Trinajstić information content (AvgIpc) is 2.57. The molecular weight excluding hydrogens is 344 g/mol. The fourth-order valence-corrected chi connectivity index (χ4v) is 2.82. The number of hydrogen-bond acceptors (Lipinski definition) is 3. The number of aliphatic carboxylic acids is 1. The smallest absolute Gasteiger partial charge is 0.305 e. The van der Waals surface area contributed by atoms with Crippen molar-refractivity contribution in [1.82, 2.24) is 10.6 Å². The molecule has 0 fully saturated rings. The van der Waals surface area contributed by atoms with Crippen LogP contribution in [0.2, 0.25) is 0 Å². The van der Waals surface area contributed by atoms with Crippen LogP contribution in [0.5, 0.6) is 0 Å². The summed E-state index contributed by atoms with van der Waals surface area (Å²) in [5.74, 6) is -1.64. The molecule has 0 heterocycles. The quantitative estimate of drug-likeness (QED) is 0.698. The van der Waals surface area contributed by atoms with Crippen LogP contribution >= 0.6 is 0 Å². The van der Waals surface area contributed by atoms with Gasteiger partial charge in [0.05, 0.1) is 19.0 Å². The summed E-state index contributed by atoms with van der Waals surface area (Å²) in [5, 5.41) is 16.5. The van der Waals surface area contributed by atoms with Crippen molar-refractivity contribution < 1.29 is 19.5 Å². The second kappa shape index (κ2) is 8.66. The lowest BCUT2D eigenvalue weighted by molar-refractivity contribution is -0.138. The molecule has 0 radical (unpaired) electrons. The molecule has 27 heavy (non-hydrogen) atoms. The molecule has 0 aliphatic rings. The van der Waals surface area contributed by atoms with Crippen molar-refractivity contribution in [3.63, 3.8) is 0 Å². The molecule has 144 valence electrons. The van der Waals surface area contributed by atoms with E-state index in [0.717, 1.165) is 10.8 Å². The van der Waals surface area contributed by atoms with E-state index in [-0.39, 0.29) is 24.3 Å². The number of carboxylic acid groups (broad SMARTS) is 1. The summed E-state index contributed by atoms with van der Waals surface area (Å²) in [7, 11) is 0. The molecule has 0 saturated heterocycles. The first-order chi connectivity index (χ1) is 12.6. The van der Waals surface area contributed by atoms with Crippen LogP contribution in [-0.2, 0) is 14.4 Å². The molecule has 2 amide bonds. The van der Waals surface area contributed by atoms with Gasteiger partial charge in [-0.2, -0.15) is 0 Å². The van der Waals surface area contributed by atoms with Gasteiger partial charge >= 0.3 is 5.97 Å². The Morgan fingerprint density at radius 2 is 1.67 bits per heavy atom. The van der Waals surface area contributed by atoms with Crippen molar-refractivity contribution in [3.8, 4) is 0 Å². The van der Waals surface area contributed by atoms with Gasteiger partial charge in [-0.25, -0.2) is 0 Å². The highest BCUT2D eigenvalue weighted by molar-refractivity contribution is 5.86. The summed E-state index contributed by atoms with van der Waals surface area (Å²) in [6.45, 7) is 5.64. The third kappa shape index (κ3) is 6.73. The fraction of sp³-hybridized carbons (Fsp3) is 0.381. The second-order valence-electron chi connectivity index (χ2n) is 7.84. The minimum absolute atomic E-state index is 0.169. The van der Waals surface area contributed by atoms with E-state index in [0.29, 0.717) is 12.0 Å². The van der Waals surface area contributed by atoms with Crippen LogP contribution in [0.25, 0.3) is 10.8 Å². The first-order valence-electron chi connectivity index (χ1n) is 8.90. The average molecular weight is 370 g/mol. The molecule has 1 atom stereocenters. The Morgan fingerprint density at radius 1 is 1.00 bits per heavy atom. The third-order valence-corrected chi connectivity index (χ3v) is 4.03. The highest BCUT2D eigenvalue weighted by Gasteiger charge is 2.20. The number of carbonyl (C=O) groups is 3. The van der Waals surface area contributed by atoms with E-state index in [1.54, 1.807) is 0 Å². The number of carbonyl (C=O) groups excluding carboxylic acids is 2. The Bertz CT molecular complexity index is 839.